The molecule has 3 atom stereocenters. The number of carbonyl (C=O) groups is 1. The normalized spacial score (nSPS) is 16.7. The molecule has 0 aromatic carbocycles. The van der Waals surface area contributed by atoms with Gasteiger partial charge in [0.25, 0.3) is 0 Å². The second-order valence-electron chi connectivity index (χ2n) is 9.99. The summed E-state index contributed by atoms with van der Waals surface area (Å²) in [6.45, 7) is 10.00. The van der Waals surface area contributed by atoms with Crippen molar-refractivity contribution in [3.8, 4) is 24.7 Å². The van der Waals surface area contributed by atoms with Crippen LogP contribution < -0.4 is 15.5 Å². The summed E-state index contributed by atoms with van der Waals surface area (Å²) in [4.78, 5) is 47.6. The fourth-order valence-corrected chi connectivity index (χ4v) is 5.46. The number of ether oxygens (including phenoxy) is 6. The molecule has 3 unspecified atom stereocenters. The van der Waals surface area contributed by atoms with E-state index in [1.165, 1.54) is 0 Å². The van der Waals surface area contributed by atoms with Crippen molar-refractivity contribution < 1.29 is 58.1 Å². The molecule has 3 heterocycles. The van der Waals surface area contributed by atoms with Crippen LogP contribution in [0.5, 0.6) is 0 Å². The van der Waals surface area contributed by atoms with E-state index in [-0.39, 0.29) is 55.3 Å². The van der Waals surface area contributed by atoms with Crippen LogP contribution in [-0.2, 0) is 33.2 Å². The SMILES string of the molecule is C#CCO.C#CCOCCOCCOCCOCCNC(=O)C1CN(c2nc(Cl)nc(NC3OCC(CO)O3)c2C=N)C1.CC.CP(O)CP(O)O. The zero-order valence-corrected chi connectivity index (χ0v) is 32.3. The van der Waals surface area contributed by atoms with Gasteiger partial charge in [-0.25, -0.2) is 0 Å². The lowest BCUT2D eigenvalue weighted by atomic mass is 9.98. The smallest absolute Gasteiger partial charge is 0.239 e. The number of rotatable bonds is 21. The van der Waals surface area contributed by atoms with Gasteiger partial charge in [0.05, 0.1) is 76.8 Å². The minimum atomic E-state index is -1.86. The zero-order chi connectivity index (χ0) is 39.1. The van der Waals surface area contributed by atoms with E-state index in [1.807, 2.05) is 24.7 Å². The summed E-state index contributed by atoms with van der Waals surface area (Å²) in [5.74, 6) is 4.89. The molecule has 3 rings (SSSR count). The Hall–Kier alpha value is -2.35. The lowest BCUT2D eigenvalue weighted by Gasteiger charge is -2.39. The lowest BCUT2D eigenvalue weighted by molar-refractivity contribution is -0.126. The summed E-state index contributed by atoms with van der Waals surface area (Å²) in [5, 5.41) is 30.5. The Morgan fingerprint density at radius 3 is 2.08 bits per heavy atom. The fourth-order valence-electron chi connectivity index (χ4n) is 3.83. The van der Waals surface area contributed by atoms with Gasteiger partial charge in [0.2, 0.25) is 17.6 Å². The highest BCUT2D eigenvalue weighted by molar-refractivity contribution is 7.65. The van der Waals surface area contributed by atoms with Crippen molar-refractivity contribution >= 4 is 51.9 Å². The zero-order valence-electron chi connectivity index (χ0n) is 29.8. The fraction of sp³-hybridized carbons (Fsp3) is 0.677. The maximum Gasteiger partial charge on any atom is 0.239 e. The van der Waals surface area contributed by atoms with Crippen molar-refractivity contribution in [2.75, 3.05) is 115 Å². The molecule has 2 saturated heterocycles. The monoisotopic (exact) mass is 798 g/mol. The van der Waals surface area contributed by atoms with Gasteiger partial charge in [0.1, 0.15) is 31.0 Å². The number of hydrogen-bond acceptors (Lipinski definition) is 17. The van der Waals surface area contributed by atoms with Crippen LogP contribution in [0.2, 0.25) is 5.28 Å². The number of nitrogens with zero attached hydrogens (tertiary/aromatic N) is 3. The van der Waals surface area contributed by atoms with Crippen LogP contribution in [0, 0.1) is 36.0 Å². The van der Waals surface area contributed by atoms with Crippen molar-refractivity contribution in [3.05, 3.63) is 10.8 Å². The molecule has 8 N–H and O–H groups in total. The maximum atomic E-state index is 12.5. The van der Waals surface area contributed by atoms with Gasteiger partial charge in [-0.2, -0.15) is 9.97 Å². The molecule has 296 valence electrons. The van der Waals surface area contributed by atoms with Crippen LogP contribution in [0.1, 0.15) is 19.4 Å². The summed E-state index contributed by atoms with van der Waals surface area (Å²) in [6.07, 6.45) is 9.42. The third kappa shape index (κ3) is 22.7. The van der Waals surface area contributed by atoms with Crippen LogP contribution in [0.25, 0.3) is 0 Å². The van der Waals surface area contributed by atoms with Gasteiger partial charge < -0.3 is 74.3 Å². The van der Waals surface area contributed by atoms with E-state index < -0.39 is 29.0 Å². The molecular formula is C31H53ClN6O12P2. The minimum Gasteiger partial charge on any atom is -0.394 e. The van der Waals surface area contributed by atoms with Gasteiger partial charge in [0, 0.05) is 34.0 Å². The molecule has 18 nitrogen and oxygen atoms in total. The van der Waals surface area contributed by atoms with E-state index in [0.29, 0.717) is 77.3 Å². The topological polar surface area (TPSA) is 251 Å². The summed E-state index contributed by atoms with van der Waals surface area (Å²) >= 11 is 6.11. The molecule has 1 aromatic heterocycles. The van der Waals surface area contributed by atoms with Crippen molar-refractivity contribution in [2.24, 2.45) is 5.92 Å². The summed E-state index contributed by atoms with van der Waals surface area (Å²) in [6, 6.07) is 0. The molecule has 52 heavy (non-hydrogen) atoms. The lowest BCUT2D eigenvalue weighted by Crippen LogP contribution is -2.54. The van der Waals surface area contributed by atoms with E-state index >= 15 is 0 Å². The van der Waals surface area contributed by atoms with E-state index in [0.717, 1.165) is 6.21 Å². The van der Waals surface area contributed by atoms with Gasteiger partial charge in [-0.15, -0.1) is 12.8 Å². The number of aliphatic hydroxyl groups is 2. The van der Waals surface area contributed by atoms with Gasteiger partial charge in [-0.1, -0.05) is 25.7 Å². The molecule has 0 spiro atoms. The second kappa shape index (κ2) is 32.1. The number of amides is 1. The molecule has 0 bridgehead atoms. The van der Waals surface area contributed by atoms with E-state index in [2.05, 4.69) is 32.9 Å². The number of aromatic nitrogens is 2. The third-order valence-corrected chi connectivity index (χ3v) is 8.89. The molecule has 2 fully saturated rings. The highest BCUT2D eigenvalue weighted by Crippen LogP contribution is 2.39. The van der Waals surface area contributed by atoms with Crippen molar-refractivity contribution in [3.63, 3.8) is 0 Å². The van der Waals surface area contributed by atoms with Crippen molar-refractivity contribution in [1.82, 2.24) is 15.3 Å². The van der Waals surface area contributed by atoms with Crippen LogP contribution in [0.4, 0.5) is 11.6 Å². The predicted octanol–water partition coefficient (Wildman–Crippen LogP) is 0.380. The maximum absolute atomic E-state index is 12.5. The molecule has 21 heteroatoms. The Kier molecular flexibility index (Phi) is 30.7. The first-order valence-electron chi connectivity index (χ1n) is 16.2. The quantitative estimate of drug-likeness (QED) is 0.0275. The van der Waals surface area contributed by atoms with Crippen LogP contribution in [0.15, 0.2) is 0 Å². The van der Waals surface area contributed by atoms with E-state index in [1.54, 1.807) is 6.66 Å². The van der Waals surface area contributed by atoms with Gasteiger partial charge in [-0.3, -0.25) is 4.79 Å². The van der Waals surface area contributed by atoms with Gasteiger partial charge in [-0.05, 0) is 18.3 Å². The first-order valence-corrected chi connectivity index (χ1v) is 19.9. The van der Waals surface area contributed by atoms with Gasteiger partial charge >= 0.3 is 0 Å². The second-order valence-corrected chi connectivity index (χ2v) is 13.5. The average Bonchev–Trinajstić information content (AvgIpc) is 3.56. The first kappa shape index (κ1) is 49.6. The number of terminal acetylenes is 2. The standard InChI is InChI=1S/C24H35ClN6O8.C3H4O.C2H8O3P2.C2H6/c1-2-4-34-6-8-36-10-11-37-9-7-35-5-3-27-22(33)17-13-31(14-17)21-19(12-26)20(28-23(25)30-21)29-24-38-16-18(15-32)39-24;1-2-3-4;1-6(3)2-7(4)5;1-2/h1,12,17-18,24,26,32H,3-11,13-16H2,(H,27,33)(H,28,29,30);1,4H,3H2;3-5H,2H2,1H3;1-2H3. The number of halogens is 1. The molecule has 1 aromatic rings. The summed E-state index contributed by atoms with van der Waals surface area (Å²) in [5.41, 5.74) is 0.383. The van der Waals surface area contributed by atoms with Crippen LogP contribution >= 0.6 is 28.1 Å². The predicted molar refractivity (Wildman–Crippen MR) is 200 cm³/mol. The molecular weight excluding hydrogens is 746 g/mol. The summed E-state index contributed by atoms with van der Waals surface area (Å²) < 4.78 is 32.2. The minimum absolute atomic E-state index is 0.0259. The number of hydrogen-bond donors (Lipinski definition) is 8. The Labute approximate surface area is 313 Å². The summed E-state index contributed by atoms with van der Waals surface area (Å²) in [7, 11) is -2.97. The third-order valence-electron chi connectivity index (χ3n) is 6.07. The molecule has 0 saturated carbocycles. The van der Waals surface area contributed by atoms with E-state index in [9.17, 15) is 9.90 Å². The van der Waals surface area contributed by atoms with Gasteiger partial charge in [0.15, 0.2) is 8.38 Å². The van der Waals surface area contributed by atoms with Crippen LogP contribution in [0.3, 0.4) is 0 Å². The average molecular weight is 799 g/mol. The molecule has 0 radical (unpaired) electrons. The number of nitrogens with one attached hydrogen (secondary N) is 3. The number of aliphatic hydroxyl groups excluding tert-OH is 2. The number of carbonyl (C=O) groups excluding carboxylic acids is 1. The van der Waals surface area contributed by atoms with Crippen molar-refractivity contribution in [2.45, 2.75) is 26.4 Å². The molecule has 2 aliphatic heterocycles. The molecule has 1 amide bonds. The van der Waals surface area contributed by atoms with Crippen LogP contribution in [-0.4, -0.2) is 164 Å². The van der Waals surface area contributed by atoms with E-state index in [4.69, 9.17) is 71.6 Å². The number of anilines is 2. The Balaban J connectivity index is 0.00000172. The Morgan fingerprint density at radius 1 is 1.04 bits per heavy atom. The molecule has 2 aliphatic rings. The first-order chi connectivity index (χ1) is 25.1. The largest absolute Gasteiger partial charge is 0.394 e. The Bertz CT molecular complexity index is 1190. The molecule has 0 aliphatic carbocycles. The van der Waals surface area contributed by atoms with Crippen molar-refractivity contribution in [1.29, 1.82) is 5.41 Å². The highest BCUT2D eigenvalue weighted by Gasteiger charge is 2.36. The Morgan fingerprint density at radius 2 is 1.62 bits per heavy atom. The highest BCUT2D eigenvalue weighted by atomic mass is 35.5.